The molecule has 2 aromatic heterocycles. The van der Waals surface area contributed by atoms with Gasteiger partial charge in [-0.05, 0) is 43.3 Å². The normalized spacial score (nSPS) is 11.1. The lowest BCUT2D eigenvalue weighted by atomic mass is 10.3. The minimum atomic E-state index is -0.0470. The molecule has 0 atom stereocenters. The molecule has 148 valence electrons. The highest BCUT2D eigenvalue weighted by atomic mass is 32.2. The third-order valence-corrected chi connectivity index (χ3v) is 6.45. The molecule has 0 aliphatic heterocycles. The van der Waals surface area contributed by atoms with E-state index in [0.717, 1.165) is 38.5 Å². The molecule has 0 saturated heterocycles. The molecule has 0 fully saturated rings. The Bertz CT molecular complexity index is 1130. The van der Waals surface area contributed by atoms with Gasteiger partial charge in [-0.15, -0.1) is 0 Å². The second-order valence-corrected chi connectivity index (χ2v) is 8.39. The van der Waals surface area contributed by atoms with E-state index < -0.39 is 0 Å². The molecule has 29 heavy (non-hydrogen) atoms. The summed E-state index contributed by atoms with van der Waals surface area (Å²) in [5, 5.41) is 4.75. The van der Waals surface area contributed by atoms with Crippen molar-refractivity contribution in [2.24, 2.45) is 7.05 Å². The zero-order valence-corrected chi connectivity index (χ0v) is 17.8. The number of carbonyl (C=O) groups is 1. The number of nitrogens with one attached hydrogen (secondary N) is 1. The van der Waals surface area contributed by atoms with Gasteiger partial charge in [0.2, 0.25) is 5.91 Å². The maximum absolute atomic E-state index is 12.4. The molecule has 2 heterocycles. The molecule has 0 spiro atoms. The van der Waals surface area contributed by atoms with Gasteiger partial charge in [0.25, 0.3) is 0 Å². The molecular formula is C21H21N5OS2. The second-order valence-electron chi connectivity index (χ2n) is 6.41. The van der Waals surface area contributed by atoms with E-state index in [1.54, 1.807) is 18.0 Å². The van der Waals surface area contributed by atoms with Gasteiger partial charge in [0, 0.05) is 36.6 Å². The topological polar surface area (TPSA) is 64.7 Å². The van der Waals surface area contributed by atoms with Crippen LogP contribution >= 0.6 is 23.5 Å². The first-order chi connectivity index (χ1) is 14.1. The number of thioether (sulfide) groups is 1. The molecule has 1 amide bonds. The molecule has 8 heteroatoms. The smallest absolute Gasteiger partial charge is 0.234 e. The van der Waals surface area contributed by atoms with Crippen molar-refractivity contribution < 1.29 is 4.79 Å². The molecule has 0 radical (unpaired) electrons. The van der Waals surface area contributed by atoms with E-state index in [1.165, 1.54) is 11.8 Å². The number of carbonyl (C=O) groups excluding carboxylic acids is 1. The number of aryl methyl sites for hydroxylation is 2. The molecule has 1 N–H and O–H groups in total. The summed E-state index contributed by atoms with van der Waals surface area (Å²) in [4.78, 5) is 22.4. The van der Waals surface area contributed by atoms with Crippen LogP contribution < -0.4 is 5.32 Å². The largest absolute Gasteiger partial charge is 0.329 e. The number of para-hydroxylation sites is 2. The first kappa shape index (κ1) is 19.6. The van der Waals surface area contributed by atoms with Crippen LogP contribution in [-0.2, 0) is 18.4 Å². The third kappa shape index (κ3) is 4.49. The van der Waals surface area contributed by atoms with Crippen LogP contribution in [0.3, 0.4) is 0 Å². The lowest BCUT2D eigenvalue weighted by Gasteiger charge is -2.08. The highest BCUT2D eigenvalue weighted by Crippen LogP contribution is 2.27. The summed E-state index contributed by atoms with van der Waals surface area (Å²) in [7, 11) is 1.97. The maximum atomic E-state index is 12.4. The zero-order chi connectivity index (χ0) is 20.2. The molecule has 0 aliphatic rings. The minimum Gasteiger partial charge on any atom is -0.329 e. The number of benzene rings is 2. The van der Waals surface area contributed by atoms with Gasteiger partial charge in [-0.2, -0.15) is 0 Å². The number of hydrogen-bond donors (Lipinski definition) is 1. The molecule has 0 aliphatic carbocycles. The molecular weight excluding hydrogens is 402 g/mol. The Morgan fingerprint density at radius 1 is 1.10 bits per heavy atom. The Balaban J connectivity index is 1.36. The van der Waals surface area contributed by atoms with Crippen LogP contribution in [0.15, 0.2) is 76.1 Å². The van der Waals surface area contributed by atoms with E-state index in [-0.39, 0.29) is 5.91 Å². The van der Waals surface area contributed by atoms with Crippen LogP contribution in [0.2, 0.25) is 0 Å². The van der Waals surface area contributed by atoms with Crippen LogP contribution in [0.5, 0.6) is 0 Å². The van der Waals surface area contributed by atoms with Crippen LogP contribution in [0.4, 0.5) is 5.69 Å². The van der Waals surface area contributed by atoms with Gasteiger partial charge in [-0.25, -0.2) is 9.97 Å². The number of amides is 1. The number of hydrogen-bond acceptors (Lipinski definition) is 5. The number of fused-ring (bicyclic) bond motifs is 1. The lowest BCUT2D eigenvalue weighted by Crippen LogP contribution is -2.14. The number of aromatic nitrogens is 4. The second kappa shape index (κ2) is 8.75. The molecule has 4 aromatic rings. The van der Waals surface area contributed by atoms with E-state index in [1.807, 2.05) is 60.3 Å². The maximum Gasteiger partial charge on any atom is 0.234 e. The van der Waals surface area contributed by atoms with Crippen LogP contribution in [0.25, 0.3) is 11.0 Å². The van der Waals surface area contributed by atoms with Gasteiger partial charge in [-0.1, -0.05) is 35.7 Å². The van der Waals surface area contributed by atoms with Gasteiger partial charge in [-0.3, -0.25) is 4.79 Å². The summed E-state index contributed by atoms with van der Waals surface area (Å²) in [5.74, 6) is 0.266. The van der Waals surface area contributed by atoms with Crippen molar-refractivity contribution in [3.63, 3.8) is 0 Å². The van der Waals surface area contributed by atoms with Crippen LogP contribution in [-0.4, -0.2) is 30.8 Å². The first-order valence-electron chi connectivity index (χ1n) is 9.27. The number of imidazole rings is 2. The lowest BCUT2D eigenvalue weighted by molar-refractivity contribution is -0.113. The van der Waals surface area contributed by atoms with E-state index in [4.69, 9.17) is 0 Å². The van der Waals surface area contributed by atoms with E-state index in [0.29, 0.717) is 5.75 Å². The summed E-state index contributed by atoms with van der Waals surface area (Å²) in [6.45, 7) is 2.91. The molecule has 0 unspecified atom stereocenters. The molecule has 2 aromatic carbocycles. The fourth-order valence-electron chi connectivity index (χ4n) is 2.96. The number of anilines is 1. The van der Waals surface area contributed by atoms with Crippen molar-refractivity contribution >= 4 is 46.2 Å². The van der Waals surface area contributed by atoms with Crippen molar-refractivity contribution in [3.05, 3.63) is 60.9 Å². The van der Waals surface area contributed by atoms with Crippen LogP contribution in [0.1, 0.15) is 6.92 Å². The van der Waals surface area contributed by atoms with Gasteiger partial charge < -0.3 is 14.5 Å². The van der Waals surface area contributed by atoms with E-state index in [9.17, 15) is 4.79 Å². The molecule has 4 rings (SSSR count). The Morgan fingerprint density at radius 2 is 1.90 bits per heavy atom. The number of nitrogens with zero attached hydrogens (tertiary/aromatic N) is 4. The average Bonchev–Trinajstić information content (AvgIpc) is 3.30. The van der Waals surface area contributed by atoms with Crippen molar-refractivity contribution in [3.8, 4) is 0 Å². The minimum absolute atomic E-state index is 0.0470. The van der Waals surface area contributed by atoms with Crippen LogP contribution in [0, 0.1) is 0 Å². The van der Waals surface area contributed by atoms with E-state index in [2.05, 4.69) is 32.8 Å². The van der Waals surface area contributed by atoms with Crippen molar-refractivity contribution in [1.82, 2.24) is 19.1 Å². The Morgan fingerprint density at radius 3 is 2.62 bits per heavy atom. The Kier molecular flexibility index (Phi) is 5.92. The fraction of sp³-hybridized carbons (Fsp3) is 0.190. The standard InChI is InChI=1S/C21H21N5OS2/c1-3-26-18-7-5-4-6-17(18)24-21(26)28-14-19(27)23-15-8-10-16(11-9-15)29-20-22-12-13-25(20)2/h4-13H,3,14H2,1-2H3,(H,23,27). The average molecular weight is 424 g/mol. The highest BCUT2D eigenvalue weighted by molar-refractivity contribution is 7.99. The quantitative estimate of drug-likeness (QED) is 0.438. The molecule has 0 saturated carbocycles. The summed E-state index contributed by atoms with van der Waals surface area (Å²) < 4.78 is 4.11. The summed E-state index contributed by atoms with van der Waals surface area (Å²) in [6.07, 6.45) is 3.70. The highest BCUT2D eigenvalue weighted by Gasteiger charge is 2.12. The Hall–Kier alpha value is -2.71. The first-order valence-corrected chi connectivity index (χ1v) is 11.1. The monoisotopic (exact) mass is 423 g/mol. The van der Waals surface area contributed by atoms with E-state index >= 15 is 0 Å². The third-order valence-electron chi connectivity index (χ3n) is 4.39. The SMILES string of the molecule is CCn1c(SCC(=O)Nc2ccc(Sc3nccn3C)cc2)nc2ccccc21. The summed E-state index contributed by atoms with van der Waals surface area (Å²) in [5.41, 5.74) is 2.83. The summed E-state index contributed by atoms with van der Waals surface area (Å²) in [6, 6.07) is 15.8. The molecule has 6 nitrogen and oxygen atoms in total. The van der Waals surface area contributed by atoms with Gasteiger partial charge in [0.05, 0.1) is 16.8 Å². The Labute approximate surface area is 177 Å². The summed E-state index contributed by atoms with van der Waals surface area (Å²) >= 11 is 3.04. The zero-order valence-electron chi connectivity index (χ0n) is 16.2. The predicted molar refractivity (Wildman–Crippen MR) is 119 cm³/mol. The van der Waals surface area contributed by atoms with Gasteiger partial charge in [0.15, 0.2) is 10.3 Å². The van der Waals surface area contributed by atoms with Crippen molar-refractivity contribution in [2.45, 2.75) is 28.7 Å². The van der Waals surface area contributed by atoms with Gasteiger partial charge >= 0.3 is 0 Å². The van der Waals surface area contributed by atoms with Gasteiger partial charge in [0.1, 0.15) is 0 Å². The molecule has 0 bridgehead atoms. The number of rotatable bonds is 7. The predicted octanol–water partition coefficient (Wildman–Crippen LogP) is 4.67. The van der Waals surface area contributed by atoms with Crippen molar-refractivity contribution in [2.75, 3.05) is 11.1 Å². The fourth-order valence-corrected chi connectivity index (χ4v) is 4.64. The van der Waals surface area contributed by atoms with Crippen molar-refractivity contribution in [1.29, 1.82) is 0 Å².